The Kier molecular flexibility index (Phi) is 4.40. The summed E-state index contributed by atoms with van der Waals surface area (Å²) in [7, 11) is 1.65. The number of nitrogens with zero attached hydrogens (tertiary/aromatic N) is 1. The van der Waals surface area contributed by atoms with Crippen LogP contribution in [0.5, 0.6) is 5.75 Å². The van der Waals surface area contributed by atoms with Crippen LogP contribution in [0.1, 0.15) is 22.9 Å². The van der Waals surface area contributed by atoms with Crippen LogP contribution in [0.25, 0.3) is 0 Å². The topological polar surface area (TPSA) is 48.1 Å². The summed E-state index contributed by atoms with van der Waals surface area (Å²) in [5, 5.41) is 0.686. The summed E-state index contributed by atoms with van der Waals surface area (Å²) >= 11 is 6.03. The van der Waals surface area contributed by atoms with Crippen molar-refractivity contribution in [3.8, 4) is 5.75 Å². The van der Waals surface area contributed by atoms with E-state index >= 15 is 0 Å². The number of methoxy groups -OCH3 is 1. The third-order valence-electron chi connectivity index (χ3n) is 3.13. The van der Waals surface area contributed by atoms with Gasteiger partial charge in [-0.05, 0) is 48.7 Å². The number of nitrogens with two attached hydrogens (primary N) is 1. The Hall–Kier alpha value is -1.58. The quantitative estimate of drug-likeness (QED) is 0.932. The smallest absolute Gasteiger partial charge is 0.122 e. The first-order valence-electron chi connectivity index (χ1n) is 6.11. The molecule has 1 aromatic carbocycles. The van der Waals surface area contributed by atoms with E-state index in [2.05, 4.69) is 4.98 Å². The largest absolute Gasteiger partial charge is 0.496 e. The highest BCUT2D eigenvalue weighted by molar-refractivity contribution is 6.30. The maximum absolute atomic E-state index is 6.26. The van der Waals surface area contributed by atoms with Crippen LogP contribution in [0.15, 0.2) is 36.5 Å². The fourth-order valence-corrected chi connectivity index (χ4v) is 2.34. The monoisotopic (exact) mass is 276 g/mol. The van der Waals surface area contributed by atoms with E-state index in [-0.39, 0.29) is 6.04 Å². The summed E-state index contributed by atoms with van der Waals surface area (Å²) in [6.45, 7) is 1.96. The second-order valence-corrected chi connectivity index (χ2v) is 4.88. The Bertz CT molecular complexity index is 572. The van der Waals surface area contributed by atoms with E-state index in [1.807, 2.05) is 37.3 Å². The molecule has 1 unspecified atom stereocenters. The molecule has 2 rings (SSSR count). The van der Waals surface area contributed by atoms with Crippen LogP contribution < -0.4 is 10.5 Å². The molecule has 0 saturated heterocycles. The van der Waals surface area contributed by atoms with Crippen molar-refractivity contribution in [1.82, 2.24) is 4.98 Å². The van der Waals surface area contributed by atoms with Crippen molar-refractivity contribution in [3.05, 3.63) is 58.4 Å². The van der Waals surface area contributed by atoms with Crippen LogP contribution >= 0.6 is 11.6 Å². The summed E-state index contributed by atoms with van der Waals surface area (Å²) in [6, 6.07) is 9.35. The van der Waals surface area contributed by atoms with Crippen molar-refractivity contribution in [2.75, 3.05) is 7.11 Å². The van der Waals surface area contributed by atoms with Gasteiger partial charge in [0.2, 0.25) is 0 Å². The third-order valence-corrected chi connectivity index (χ3v) is 3.36. The highest BCUT2D eigenvalue weighted by atomic mass is 35.5. The molecular weight excluding hydrogens is 260 g/mol. The van der Waals surface area contributed by atoms with Crippen molar-refractivity contribution in [2.24, 2.45) is 5.73 Å². The molecule has 2 aromatic rings. The molecule has 0 bridgehead atoms. The first-order chi connectivity index (χ1) is 9.11. The van der Waals surface area contributed by atoms with Gasteiger partial charge in [-0.1, -0.05) is 17.7 Å². The molecule has 1 aromatic heterocycles. The van der Waals surface area contributed by atoms with E-state index in [0.717, 1.165) is 22.6 Å². The molecule has 0 aliphatic heterocycles. The number of rotatable bonds is 4. The average molecular weight is 277 g/mol. The van der Waals surface area contributed by atoms with Gasteiger partial charge < -0.3 is 10.5 Å². The van der Waals surface area contributed by atoms with Gasteiger partial charge in [0.1, 0.15) is 5.75 Å². The molecular formula is C15H17ClN2O. The second kappa shape index (κ2) is 6.04. The number of aromatic nitrogens is 1. The molecule has 19 heavy (non-hydrogen) atoms. The minimum atomic E-state index is -0.124. The van der Waals surface area contributed by atoms with E-state index in [1.165, 1.54) is 0 Å². The van der Waals surface area contributed by atoms with Crippen LogP contribution in [-0.4, -0.2) is 12.1 Å². The fourth-order valence-electron chi connectivity index (χ4n) is 2.14. The van der Waals surface area contributed by atoms with Gasteiger partial charge in [0.15, 0.2) is 0 Å². The predicted octanol–water partition coefficient (Wildman–Crippen LogP) is 3.29. The first-order valence-corrected chi connectivity index (χ1v) is 6.49. The molecule has 3 nitrogen and oxygen atoms in total. The Morgan fingerprint density at radius 3 is 2.84 bits per heavy atom. The first kappa shape index (κ1) is 13.8. The highest BCUT2D eigenvalue weighted by Gasteiger charge is 2.13. The van der Waals surface area contributed by atoms with Crippen molar-refractivity contribution < 1.29 is 4.74 Å². The van der Waals surface area contributed by atoms with Gasteiger partial charge >= 0.3 is 0 Å². The molecule has 1 atom stereocenters. The van der Waals surface area contributed by atoms with Crippen LogP contribution in [0.3, 0.4) is 0 Å². The summed E-state index contributed by atoms with van der Waals surface area (Å²) in [5.74, 6) is 0.807. The number of aryl methyl sites for hydroxylation is 1. The molecule has 0 radical (unpaired) electrons. The average Bonchev–Trinajstić information content (AvgIpc) is 2.39. The van der Waals surface area contributed by atoms with Crippen molar-refractivity contribution in [2.45, 2.75) is 19.4 Å². The number of hydrogen-bond donors (Lipinski definition) is 1. The van der Waals surface area contributed by atoms with Gasteiger partial charge in [0.25, 0.3) is 0 Å². The fraction of sp³-hybridized carbons (Fsp3) is 0.267. The molecule has 0 amide bonds. The molecule has 0 aliphatic carbocycles. The van der Waals surface area contributed by atoms with Crippen molar-refractivity contribution >= 4 is 11.6 Å². The number of ether oxygens (including phenoxy) is 1. The van der Waals surface area contributed by atoms with Gasteiger partial charge in [0, 0.05) is 23.0 Å². The number of benzene rings is 1. The second-order valence-electron chi connectivity index (χ2n) is 4.44. The van der Waals surface area contributed by atoms with E-state index in [0.29, 0.717) is 11.4 Å². The molecule has 100 valence electrons. The number of hydrogen-bond acceptors (Lipinski definition) is 3. The SMILES string of the molecule is COc1ccc(Cl)cc1CC(N)c1cccnc1C. The molecule has 0 saturated carbocycles. The molecule has 0 fully saturated rings. The van der Waals surface area contributed by atoms with E-state index < -0.39 is 0 Å². The zero-order valence-corrected chi connectivity index (χ0v) is 11.8. The lowest BCUT2D eigenvalue weighted by molar-refractivity contribution is 0.408. The highest BCUT2D eigenvalue weighted by Crippen LogP contribution is 2.27. The lowest BCUT2D eigenvalue weighted by Gasteiger charge is -2.16. The summed E-state index contributed by atoms with van der Waals surface area (Å²) < 4.78 is 5.34. The van der Waals surface area contributed by atoms with Gasteiger partial charge in [-0.25, -0.2) is 0 Å². The zero-order valence-electron chi connectivity index (χ0n) is 11.1. The molecule has 0 spiro atoms. The van der Waals surface area contributed by atoms with Crippen molar-refractivity contribution in [1.29, 1.82) is 0 Å². The minimum Gasteiger partial charge on any atom is -0.496 e. The van der Waals surface area contributed by atoms with E-state index in [9.17, 15) is 0 Å². The molecule has 4 heteroatoms. The van der Waals surface area contributed by atoms with Gasteiger partial charge in [0.05, 0.1) is 7.11 Å². The van der Waals surface area contributed by atoms with Crippen LogP contribution in [0.2, 0.25) is 5.02 Å². The zero-order chi connectivity index (χ0) is 13.8. The summed E-state index contributed by atoms with van der Waals surface area (Å²) in [4.78, 5) is 4.26. The summed E-state index contributed by atoms with van der Waals surface area (Å²) in [6.07, 6.45) is 2.43. The van der Waals surface area contributed by atoms with Crippen molar-refractivity contribution in [3.63, 3.8) is 0 Å². The van der Waals surface area contributed by atoms with E-state index in [4.69, 9.17) is 22.1 Å². The minimum absolute atomic E-state index is 0.124. The van der Waals surface area contributed by atoms with Crippen LogP contribution in [0.4, 0.5) is 0 Å². The predicted molar refractivity (Wildman–Crippen MR) is 77.6 cm³/mol. The van der Waals surface area contributed by atoms with Crippen LogP contribution in [0, 0.1) is 6.92 Å². The molecule has 2 N–H and O–H groups in total. The summed E-state index contributed by atoms with van der Waals surface area (Å²) in [5.41, 5.74) is 9.27. The standard InChI is InChI=1S/C15H17ClN2O/c1-10-13(4-3-7-18-10)14(17)9-11-8-12(16)5-6-15(11)19-2/h3-8,14H,9,17H2,1-2H3. The van der Waals surface area contributed by atoms with E-state index in [1.54, 1.807) is 13.3 Å². The normalized spacial score (nSPS) is 12.2. The molecule has 0 aliphatic rings. The molecule has 1 heterocycles. The Morgan fingerprint density at radius 2 is 2.16 bits per heavy atom. The maximum Gasteiger partial charge on any atom is 0.122 e. The number of halogens is 1. The third kappa shape index (κ3) is 3.25. The van der Waals surface area contributed by atoms with Gasteiger partial charge in [-0.2, -0.15) is 0 Å². The van der Waals surface area contributed by atoms with Crippen LogP contribution in [-0.2, 0) is 6.42 Å². The van der Waals surface area contributed by atoms with Gasteiger partial charge in [-0.15, -0.1) is 0 Å². The Balaban J connectivity index is 2.26. The lowest BCUT2D eigenvalue weighted by Crippen LogP contribution is -2.15. The Morgan fingerprint density at radius 1 is 1.37 bits per heavy atom. The van der Waals surface area contributed by atoms with Gasteiger partial charge in [-0.3, -0.25) is 4.98 Å². The Labute approximate surface area is 118 Å². The maximum atomic E-state index is 6.26. The lowest BCUT2D eigenvalue weighted by atomic mass is 9.98. The number of pyridine rings is 1.